The maximum atomic E-state index is 12.4. The van der Waals surface area contributed by atoms with Gasteiger partial charge in [-0.25, -0.2) is 0 Å². The molecule has 1 aromatic heterocycles. The summed E-state index contributed by atoms with van der Waals surface area (Å²) in [5.41, 5.74) is 0.772. The van der Waals surface area contributed by atoms with Gasteiger partial charge in [-0.05, 0) is 52.3 Å². The highest BCUT2D eigenvalue weighted by Crippen LogP contribution is 2.23. The third kappa shape index (κ3) is 5.21. The van der Waals surface area contributed by atoms with Crippen LogP contribution in [0.15, 0.2) is 75.8 Å². The SMILES string of the molecule is O=C(COc1ccccc1Br)Nc1ccccc1C(=O)NCc1ccco1. The summed E-state index contributed by atoms with van der Waals surface area (Å²) in [6.45, 7) is 0.0875. The van der Waals surface area contributed by atoms with Crippen molar-refractivity contribution in [3.63, 3.8) is 0 Å². The lowest BCUT2D eigenvalue weighted by molar-refractivity contribution is -0.118. The summed E-state index contributed by atoms with van der Waals surface area (Å²) in [6.07, 6.45) is 1.54. The molecule has 6 nitrogen and oxygen atoms in total. The lowest BCUT2D eigenvalue weighted by Crippen LogP contribution is -2.26. The lowest BCUT2D eigenvalue weighted by atomic mass is 10.1. The van der Waals surface area contributed by atoms with E-state index in [1.807, 2.05) is 18.2 Å². The molecule has 0 saturated carbocycles. The van der Waals surface area contributed by atoms with Gasteiger partial charge in [0.15, 0.2) is 6.61 Å². The van der Waals surface area contributed by atoms with Crippen molar-refractivity contribution < 1.29 is 18.7 Å². The summed E-state index contributed by atoms with van der Waals surface area (Å²) >= 11 is 3.36. The largest absolute Gasteiger partial charge is 0.483 e. The Balaban J connectivity index is 1.60. The van der Waals surface area contributed by atoms with Gasteiger partial charge in [-0.1, -0.05) is 24.3 Å². The minimum atomic E-state index is -0.364. The molecule has 0 spiro atoms. The fourth-order valence-corrected chi connectivity index (χ4v) is 2.76. The second-order valence-electron chi connectivity index (χ2n) is 5.57. The van der Waals surface area contributed by atoms with Crippen LogP contribution in [0.4, 0.5) is 5.69 Å². The number of ether oxygens (including phenoxy) is 1. The Bertz CT molecular complexity index is 925. The topological polar surface area (TPSA) is 80.6 Å². The van der Waals surface area contributed by atoms with Crippen LogP contribution in [0.25, 0.3) is 0 Å². The van der Waals surface area contributed by atoms with Gasteiger partial charge in [0, 0.05) is 0 Å². The van der Waals surface area contributed by atoms with E-state index in [1.54, 1.807) is 48.7 Å². The number of anilines is 1. The molecule has 1 heterocycles. The van der Waals surface area contributed by atoms with Crippen LogP contribution in [0.2, 0.25) is 0 Å². The molecule has 27 heavy (non-hydrogen) atoms. The minimum Gasteiger partial charge on any atom is -0.483 e. The summed E-state index contributed by atoms with van der Waals surface area (Å²) in [6, 6.07) is 17.6. The summed E-state index contributed by atoms with van der Waals surface area (Å²) < 4.78 is 11.4. The van der Waals surface area contributed by atoms with Crippen LogP contribution < -0.4 is 15.4 Å². The average molecular weight is 429 g/mol. The molecule has 0 aliphatic heterocycles. The van der Waals surface area contributed by atoms with Gasteiger partial charge in [0.05, 0.1) is 28.5 Å². The molecule has 3 rings (SSSR count). The van der Waals surface area contributed by atoms with Crippen molar-refractivity contribution in [2.45, 2.75) is 6.54 Å². The fourth-order valence-electron chi connectivity index (χ4n) is 2.36. The molecule has 2 aromatic carbocycles. The van der Waals surface area contributed by atoms with Gasteiger partial charge >= 0.3 is 0 Å². The van der Waals surface area contributed by atoms with Crippen LogP contribution in [0, 0.1) is 0 Å². The van der Waals surface area contributed by atoms with E-state index in [4.69, 9.17) is 9.15 Å². The minimum absolute atomic E-state index is 0.176. The molecule has 138 valence electrons. The van der Waals surface area contributed by atoms with E-state index >= 15 is 0 Å². The predicted molar refractivity (Wildman–Crippen MR) is 105 cm³/mol. The fraction of sp³-hybridized carbons (Fsp3) is 0.100. The van der Waals surface area contributed by atoms with Gasteiger partial charge in [-0.3, -0.25) is 9.59 Å². The molecular formula is C20H17BrN2O4. The van der Waals surface area contributed by atoms with Gasteiger partial charge in [-0.15, -0.1) is 0 Å². The Kier molecular flexibility index (Phi) is 6.27. The standard InChI is InChI=1S/C20H17BrN2O4/c21-16-8-2-4-10-18(16)27-13-19(24)23-17-9-3-1-7-15(17)20(25)22-12-14-6-5-11-26-14/h1-11H,12-13H2,(H,22,25)(H,23,24). The first-order valence-electron chi connectivity index (χ1n) is 8.20. The first kappa shape index (κ1) is 18.7. The number of furan rings is 1. The third-order valence-corrected chi connectivity index (χ3v) is 4.30. The van der Waals surface area contributed by atoms with Gasteiger partial charge in [0.1, 0.15) is 11.5 Å². The molecule has 2 N–H and O–H groups in total. The van der Waals surface area contributed by atoms with E-state index in [9.17, 15) is 9.59 Å². The number of nitrogens with one attached hydrogen (secondary N) is 2. The van der Waals surface area contributed by atoms with Gasteiger partial charge in [0.2, 0.25) is 0 Å². The van der Waals surface area contributed by atoms with E-state index in [0.29, 0.717) is 22.8 Å². The van der Waals surface area contributed by atoms with Crippen LogP contribution in [0.1, 0.15) is 16.1 Å². The zero-order valence-corrected chi connectivity index (χ0v) is 15.9. The molecule has 7 heteroatoms. The van der Waals surface area contributed by atoms with E-state index in [1.165, 1.54) is 0 Å². The number of halogens is 1. The van der Waals surface area contributed by atoms with Crippen molar-refractivity contribution in [3.8, 4) is 5.75 Å². The Morgan fingerprint density at radius 2 is 1.78 bits per heavy atom. The monoisotopic (exact) mass is 428 g/mol. The Morgan fingerprint density at radius 1 is 1.00 bits per heavy atom. The summed E-state index contributed by atoms with van der Waals surface area (Å²) in [7, 11) is 0. The number of amides is 2. The lowest BCUT2D eigenvalue weighted by Gasteiger charge is -2.12. The molecule has 0 aliphatic rings. The number of para-hydroxylation sites is 2. The van der Waals surface area contributed by atoms with Crippen LogP contribution in [-0.2, 0) is 11.3 Å². The second-order valence-corrected chi connectivity index (χ2v) is 6.43. The second kappa shape index (κ2) is 9.05. The first-order chi connectivity index (χ1) is 13.1. The Morgan fingerprint density at radius 3 is 2.56 bits per heavy atom. The van der Waals surface area contributed by atoms with Crippen LogP contribution in [-0.4, -0.2) is 18.4 Å². The van der Waals surface area contributed by atoms with E-state index in [2.05, 4.69) is 26.6 Å². The maximum Gasteiger partial charge on any atom is 0.262 e. The predicted octanol–water partition coefficient (Wildman–Crippen LogP) is 3.99. The molecule has 0 aliphatic carbocycles. The zero-order chi connectivity index (χ0) is 19.1. The molecule has 0 unspecified atom stereocenters. The molecule has 0 fully saturated rings. The van der Waals surface area contributed by atoms with Crippen molar-refractivity contribution in [2.75, 3.05) is 11.9 Å². The van der Waals surface area contributed by atoms with Crippen LogP contribution in [0.3, 0.4) is 0 Å². The molecule has 3 aromatic rings. The first-order valence-corrected chi connectivity index (χ1v) is 8.99. The Hall–Kier alpha value is -3.06. The van der Waals surface area contributed by atoms with E-state index in [0.717, 1.165) is 4.47 Å². The molecule has 0 saturated heterocycles. The number of carbonyl (C=O) groups is 2. The van der Waals surface area contributed by atoms with Crippen molar-refractivity contribution in [2.24, 2.45) is 0 Å². The number of hydrogen-bond donors (Lipinski definition) is 2. The summed E-state index contributed by atoms with van der Waals surface area (Å²) in [5, 5.41) is 5.47. The van der Waals surface area contributed by atoms with Crippen molar-refractivity contribution in [3.05, 3.63) is 82.7 Å². The Labute approximate surface area is 164 Å². The molecule has 0 atom stereocenters. The molecule has 2 amide bonds. The molecular weight excluding hydrogens is 412 g/mol. The number of rotatable bonds is 7. The number of hydrogen-bond acceptors (Lipinski definition) is 4. The normalized spacial score (nSPS) is 10.3. The molecule has 0 radical (unpaired) electrons. The summed E-state index contributed by atoms with van der Waals surface area (Å²) in [5.74, 6) is 0.537. The van der Waals surface area contributed by atoms with Crippen LogP contribution >= 0.6 is 15.9 Å². The summed E-state index contributed by atoms with van der Waals surface area (Å²) in [4.78, 5) is 24.6. The smallest absolute Gasteiger partial charge is 0.262 e. The van der Waals surface area contributed by atoms with Gasteiger partial charge in [0.25, 0.3) is 11.8 Å². The van der Waals surface area contributed by atoms with E-state index in [-0.39, 0.29) is 25.0 Å². The quantitative estimate of drug-likeness (QED) is 0.595. The highest BCUT2D eigenvalue weighted by Gasteiger charge is 2.14. The van der Waals surface area contributed by atoms with Crippen LogP contribution in [0.5, 0.6) is 5.75 Å². The van der Waals surface area contributed by atoms with Crippen molar-refractivity contribution >= 4 is 33.4 Å². The maximum absolute atomic E-state index is 12.4. The number of carbonyl (C=O) groups excluding carboxylic acids is 2. The van der Waals surface area contributed by atoms with Gasteiger partial charge < -0.3 is 19.8 Å². The molecule has 0 bridgehead atoms. The highest BCUT2D eigenvalue weighted by molar-refractivity contribution is 9.10. The highest BCUT2D eigenvalue weighted by atomic mass is 79.9. The average Bonchev–Trinajstić information content (AvgIpc) is 3.19. The zero-order valence-electron chi connectivity index (χ0n) is 14.3. The number of benzene rings is 2. The third-order valence-electron chi connectivity index (χ3n) is 3.64. The van der Waals surface area contributed by atoms with E-state index < -0.39 is 0 Å². The van der Waals surface area contributed by atoms with Crippen molar-refractivity contribution in [1.82, 2.24) is 5.32 Å². The van der Waals surface area contributed by atoms with Gasteiger partial charge in [-0.2, -0.15) is 0 Å². The van der Waals surface area contributed by atoms with Crippen molar-refractivity contribution in [1.29, 1.82) is 0 Å².